The summed E-state index contributed by atoms with van der Waals surface area (Å²) in [5.41, 5.74) is 3.38. The number of hydrogen-bond donors (Lipinski definition) is 2. The smallest absolute Gasteiger partial charge is 0.371 e. The molecule has 0 saturated heterocycles. The average Bonchev–Trinajstić information content (AvgIpc) is 2.97. The molecule has 152 valence electrons. The molecule has 4 rings (SSSR count). The highest BCUT2D eigenvalue weighted by Gasteiger charge is 2.53. The quantitative estimate of drug-likeness (QED) is 0.806. The first-order chi connectivity index (χ1) is 13.2. The number of carbonyl (C=O) groups excluding carboxylic acids is 1. The Bertz CT molecular complexity index is 940. The van der Waals surface area contributed by atoms with Gasteiger partial charge in [0.1, 0.15) is 5.75 Å². The number of nitrogens with one attached hydrogen (secondary N) is 1. The lowest BCUT2D eigenvalue weighted by molar-refractivity contribution is -0.119. The lowest BCUT2D eigenvalue weighted by Crippen LogP contribution is -2.43. The molecule has 0 bridgehead atoms. The molecule has 1 fully saturated rings. The second-order valence-electron chi connectivity index (χ2n) is 8.52. The van der Waals surface area contributed by atoms with E-state index in [1.807, 2.05) is 19.1 Å². The Labute approximate surface area is 166 Å². The van der Waals surface area contributed by atoms with Crippen LogP contribution in [-0.2, 0) is 21.5 Å². The summed E-state index contributed by atoms with van der Waals surface area (Å²) in [5, 5.41) is 7.97. The molecule has 0 aliphatic heterocycles. The highest BCUT2D eigenvalue weighted by Crippen LogP contribution is 2.61. The van der Waals surface area contributed by atoms with Crippen molar-refractivity contribution < 1.29 is 17.4 Å². The van der Waals surface area contributed by atoms with Crippen molar-refractivity contribution in [1.29, 1.82) is 0 Å². The maximum atomic E-state index is 12.6. The first-order valence-electron chi connectivity index (χ1n) is 10.1. The van der Waals surface area contributed by atoms with Crippen LogP contribution in [0.5, 0.6) is 5.75 Å². The topological polar surface area (TPSA) is 98.5 Å². The number of rotatable bonds is 4. The number of allylic oxidation sites excluding steroid dienone is 1. The van der Waals surface area contributed by atoms with Gasteiger partial charge in [0, 0.05) is 17.5 Å². The van der Waals surface area contributed by atoms with Crippen molar-refractivity contribution in [2.45, 2.75) is 51.9 Å². The minimum atomic E-state index is -4.01. The fourth-order valence-corrected chi connectivity index (χ4v) is 6.29. The lowest BCUT2D eigenvalue weighted by Gasteiger charge is -2.50. The molecule has 0 aromatic heterocycles. The van der Waals surface area contributed by atoms with Gasteiger partial charge in [0.15, 0.2) is 0 Å². The van der Waals surface area contributed by atoms with Gasteiger partial charge >= 0.3 is 10.3 Å². The zero-order chi connectivity index (χ0) is 20.1. The molecule has 3 N–H and O–H groups in total. The SMILES string of the molecule is CCNC(=O)C1=CC[C@H]2[C@@H]3CCc4cc(OS(N)(=O)=O)ccc4[C@H]3CC[C@]12C. The van der Waals surface area contributed by atoms with E-state index in [1.54, 1.807) is 6.07 Å². The Morgan fingerprint density at radius 2 is 2.14 bits per heavy atom. The highest BCUT2D eigenvalue weighted by molar-refractivity contribution is 7.84. The van der Waals surface area contributed by atoms with E-state index in [9.17, 15) is 13.2 Å². The third kappa shape index (κ3) is 3.24. The van der Waals surface area contributed by atoms with Gasteiger partial charge < -0.3 is 9.50 Å². The molecule has 1 aromatic rings. The van der Waals surface area contributed by atoms with Crippen molar-refractivity contribution in [2.24, 2.45) is 22.4 Å². The molecule has 0 radical (unpaired) electrons. The largest absolute Gasteiger partial charge is 0.380 e. The summed E-state index contributed by atoms with van der Waals surface area (Å²) >= 11 is 0. The molecule has 1 saturated carbocycles. The van der Waals surface area contributed by atoms with Crippen LogP contribution in [0.1, 0.15) is 56.6 Å². The van der Waals surface area contributed by atoms with Gasteiger partial charge in [0.2, 0.25) is 5.91 Å². The van der Waals surface area contributed by atoms with E-state index in [2.05, 4.69) is 18.3 Å². The van der Waals surface area contributed by atoms with Gasteiger partial charge in [-0.1, -0.05) is 19.1 Å². The number of fused-ring (bicyclic) bond motifs is 5. The van der Waals surface area contributed by atoms with Crippen molar-refractivity contribution in [2.75, 3.05) is 6.54 Å². The molecule has 3 aliphatic carbocycles. The third-order valence-corrected chi connectivity index (χ3v) is 7.50. The van der Waals surface area contributed by atoms with Crippen molar-refractivity contribution >= 4 is 16.2 Å². The monoisotopic (exact) mass is 404 g/mol. The fraction of sp³-hybridized carbons (Fsp3) is 0.571. The van der Waals surface area contributed by atoms with E-state index in [-0.39, 0.29) is 17.1 Å². The van der Waals surface area contributed by atoms with Crippen molar-refractivity contribution in [3.63, 3.8) is 0 Å². The molecule has 4 atom stereocenters. The number of nitrogens with two attached hydrogens (primary N) is 1. The summed E-state index contributed by atoms with van der Waals surface area (Å²) in [6.45, 7) is 4.87. The van der Waals surface area contributed by atoms with E-state index in [4.69, 9.17) is 9.32 Å². The first-order valence-corrected chi connectivity index (χ1v) is 11.5. The second-order valence-corrected chi connectivity index (χ2v) is 9.67. The van der Waals surface area contributed by atoms with E-state index < -0.39 is 10.3 Å². The molecule has 0 heterocycles. The number of benzene rings is 1. The van der Waals surface area contributed by atoms with Crippen LogP contribution in [-0.4, -0.2) is 20.9 Å². The number of amides is 1. The van der Waals surface area contributed by atoms with Crippen LogP contribution in [0.4, 0.5) is 0 Å². The predicted octanol–water partition coefficient (Wildman–Crippen LogP) is 2.80. The fourth-order valence-electron chi connectivity index (χ4n) is 5.92. The van der Waals surface area contributed by atoms with E-state index in [0.717, 1.165) is 43.2 Å². The average molecular weight is 405 g/mol. The summed E-state index contributed by atoms with van der Waals surface area (Å²) < 4.78 is 27.3. The standard InChI is InChI=1S/C21H28N2O4S/c1-3-23-20(24)19-9-8-18-17-6-4-13-12-14(27-28(22,25)26)5-7-15(13)16(17)10-11-21(18,19)2/h5,7,9,12,16-18H,3-4,6,8,10-11H2,1-2H3,(H,23,24)(H2,22,25,26)/t16-,17-,18+,21+/m1/s1. The van der Waals surface area contributed by atoms with Crippen LogP contribution in [0.15, 0.2) is 29.8 Å². The predicted molar refractivity (Wildman–Crippen MR) is 107 cm³/mol. The molecule has 6 nitrogen and oxygen atoms in total. The molecule has 1 aromatic carbocycles. The molecule has 3 aliphatic rings. The van der Waals surface area contributed by atoms with Crippen LogP contribution in [0.25, 0.3) is 0 Å². The van der Waals surface area contributed by atoms with Gasteiger partial charge in [-0.2, -0.15) is 13.6 Å². The zero-order valence-electron chi connectivity index (χ0n) is 16.4. The normalized spacial score (nSPS) is 31.2. The van der Waals surface area contributed by atoms with E-state index >= 15 is 0 Å². The van der Waals surface area contributed by atoms with Gasteiger partial charge in [-0.15, -0.1) is 0 Å². The van der Waals surface area contributed by atoms with Crippen LogP contribution in [0.2, 0.25) is 0 Å². The zero-order valence-corrected chi connectivity index (χ0v) is 17.2. The van der Waals surface area contributed by atoms with E-state index in [0.29, 0.717) is 24.3 Å². The number of aryl methyl sites for hydroxylation is 1. The summed E-state index contributed by atoms with van der Waals surface area (Å²) in [6, 6.07) is 5.52. The number of carbonyl (C=O) groups is 1. The molecular formula is C21H28N2O4S. The Morgan fingerprint density at radius 3 is 2.86 bits per heavy atom. The molecule has 0 unspecified atom stereocenters. The highest BCUT2D eigenvalue weighted by atomic mass is 32.2. The van der Waals surface area contributed by atoms with Gasteiger partial charge in [0.05, 0.1) is 0 Å². The molecular weight excluding hydrogens is 376 g/mol. The maximum absolute atomic E-state index is 12.6. The van der Waals surface area contributed by atoms with Crippen LogP contribution < -0.4 is 14.6 Å². The Balaban J connectivity index is 1.59. The number of likely N-dealkylation sites (N-methyl/N-ethyl adjacent to an activating group) is 1. The van der Waals surface area contributed by atoms with Crippen LogP contribution in [0.3, 0.4) is 0 Å². The van der Waals surface area contributed by atoms with Crippen LogP contribution in [0, 0.1) is 17.3 Å². The van der Waals surface area contributed by atoms with Crippen LogP contribution >= 0.6 is 0 Å². The first kappa shape index (κ1) is 19.5. The maximum Gasteiger partial charge on any atom is 0.380 e. The van der Waals surface area contributed by atoms with Crippen molar-refractivity contribution in [3.05, 3.63) is 41.0 Å². The second kappa shape index (κ2) is 6.88. The Morgan fingerprint density at radius 1 is 1.36 bits per heavy atom. The minimum Gasteiger partial charge on any atom is -0.371 e. The Hall–Kier alpha value is -1.86. The molecule has 28 heavy (non-hydrogen) atoms. The summed E-state index contributed by atoms with van der Waals surface area (Å²) in [6.07, 6.45) is 7.10. The molecule has 7 heteroatoms. The summed E-state index contributed by atoms with van der Waals surface area (Å²) in [7, 11) is -4.01. The summed E-state index contributed by atoms with van der Waals surface area (Å²) in [5.74, 6) is 1.84. The van der Waals surface area contributed by atoms with Crippen molar-refractivity contribution in [3.8, 4) is 5.75 Å². The van der Waals surface area contributed by atoms with Gasteiger partial charge in [-0.25, -0.2) is 0 Å². The Kier molecular flexibility index (Phi) is 4.78. The molecule has 1 amide bonds. The lowest BCUT2D eigenvalue weighted by atomic mass is 9.54. The van der Waals surface area contributed by atoms with Gasteiger partial charge in [-0.05, 0) is 80.0 Å². The third-order valence-electron chi connectivity index (χ3n) is 7.07. The van der Waals surface area contributed by atoms with Crippen molar-refractivity contribution in [1.82, 2.24) is 5.32 Å². The summed E-state index contributed by atoms with van der Waals surface area (Å²) in [4.78, 5) is 12.6. The number of hydrogen-bond acceptors (Lipinski definition) is 4. The van der Waals surface area contributed by atoms with Gasteiger partial charge in [0.25, 0.3) is 0 Å². The van der Waals surface area contributed by atoms with E-state index in [1.165, 1.54) is 5.56 Å². The molecule has 0 spiro atoms. The van der Waals surface area contributed by atoms with Gasteiger partial charge in [-0.3, -0.25) is 4.79 Å². The minimum absolute atomic E-state index is 0.0470.